The molecule has 26 heavy (non-hydrogen) atoms. The van der Waals surface area contributed by atoms with Gasteiger partial charge in [-0.25, -0.2) is 13.4 Å². The molecule has 6 nitrogen and oxygen atoms in total. The van der Waals surface area contributed by atoms with Crippen LogP contribution in [0.3, 0.4) is 0 Å². The number of nitrogens with zero attached hydrogens (tertiary/aromatic N) is 2. The van der Waals surface area contributed by atoms with Gasteiger partial charge in [0.2, 0.25) is 15.9 Å². The summed E-state index contributed by atoms with van der Waals surface area (Å²) in [6, 6.07) is 12.5. The number of benzene rings is 1. The van der Waals surface area contributed by atoms with Gasteiger partial charge in [0, 0.05) is 24.4 Å². The third kappa shape index (κ3) is 3.13. The molecule has 1 aromatic carbocycles. The van der Waals surface area contributed by atoms with Gasteiger partial charge >= 0.3 is 0 Å². The van der Waals surface area contributed by atoms with E-state index in [1.807, 2.05) is 6.07 Å². The lowest BCUT2D eigenvalue weighted by Gasteiger charge is -2.19. The Labute approximate surface area is 160 Å². The fourth-order valence-corrected chi connectivity index (χ4v) is 4.36. The van der Waals surface area contributed by atoms with Gasteiger partial charge in [0.25, 0.3) is 0 Å². The number of ether oxygens (including phenoxy) is 1. The summed E-state index contributed by atoms with van der Waals surface area (Å²) in [6.07, 6.45) is 1.64. The van der Waals surface area contributed by atoms with Crippen molar-refractivity contribution in [1.29, 1.82) is 0 Å². The zero-order valence-corrected chi connectivity index (χ0v) is 15.6. The molecule has 0 bridgehead atoms. The maximum atomic E-state index is 11.9. The first-order valence-corrected chi connectivity index (χ1v) is 10.1. The molecule has 0 aliphatic carbocycles. The average Bonchev–Trinajstić information content (AvgIpc) is 2.86. The van der Waals surface area contributed by atoms with Crippen molar-refractivity contribution in [2.24, 2.45) is 0 Å². The third-order valence-electron chi connectivity index (χ3n) is 3.98. The van der Waals surface area contributed by atoms with Gasteiger partial charge in [0.05, 0.1) is 10.8 Å². The molecule has 2 aromatic heterocycles. The summed E-state index contributed by atoms with van der Waals surface area (Å²) < 4.78 is 33.7. The minimum atomic E-state index is -3.40. The van der Waals surface area contributed by atoms with Gasteiger partial charge in [0.1, 0.15) is 16.7 Å². The molecule has 9 heteroatoms. The van der Waals surface area contributed by atoms with Crippen molar-refractivity contribution in [3.63, 3.8) is 0 Å². The quantitative estimate of drug-likeness (QED) is 0.695. The van der Waals surface area contributed by atoms with Crippen molar-refractivity contribution in [2.45, 2.75) is 6.54 Å². The molecule has 1 aliphatic heterocycles. The summed E-state index contributed by atoms with van der Waals surface area (Å²) >= 11 is 12.6. The van der Waals surface area contributed by atoms with Crippen LogP contribution in [0.2, 0.25) is 10.2 Å². The Balaban J connectivity index is 1.70. The Morgan fingerprint density at radius 3 is 2.58 bits per heavy atom. The van der Waals surface area contributed by atoms with E-state index in [1.165, 1.54) is 0 Å². The van der Waals surface area contributed by atoms with Gasteiger partial charge < -0.3 is 9.30 Å². The van der Waals surface area contributed by atoms with Crippen LogP contribution < -0.4 is 9.46 Å². The smallest absolute Gasteiger partial charge is 0.235 e. The van der Waals surface area contributed by atoms with E-state index in [0.29, 0.717) is 33.2 Å². The molecule has 4 rings (SSSR count). The van der Waals surface area contributed by atoms with E-state index in [1.54, 1.807) is 47.2 Å². The molecule has 0 atom stereocenters. The molecule has 0 saturated carbocycles. The monoisotopic (exact) mass is 409 g/mol. The lowest BCUT2D eigenvalue weighted by Crippen LogP contribution is -2.27. The van der Waals surface area contributed by atoms with E-state index in [9.17, 15) is 8.42 Å². The van der Waals surface area contributed by atoms with Crippen LogP contribution in [-0.2, 0) is 16.6 Å². The molecular weight excluding hydrogens is 397 g/mol. The number of fused-ring (bicyclic) bond motifs is 1. The van der Waals surface area contributed by atoms with Gasteiger partial charge in [-0.1, -0.05) is 41.4 Å². The van der Waals surface area contributed by atoms with Gasteiger partial charge in [-0.15, -0.1) is 0 Å². The summed E-state index contributed by atoms with van der Waals surface area (Å²) in [5, 5.41) is 0.623. The highest BCUT2D eigenvalue weighted by Crippen LogP contribution is 2.44. The summed E-state index contributed by atoms with van der Waals surface area (Å²) in [7, 11) is -3.40. The summed E-state index contributed by atoms with van der Waals surface area (Å²) in [5.74, 6) is 1.42. The van der Waals surface area contributed by atoms with Crippen LogP contribution in [0.1, 0.15) is 0 Å². The molecule has 0 radical (unpaired) electrons. The number of rotatable bonds is 3. The predicted molar refractivity (Wildman–Crippen MR) is 102 cm³/mol. The number of pyridine rings is 1. The number of hydrogen-bond acceptors (Lipinski definition) is 4. The Hall–Kier alpha value is -2.22. The van der Waals surface area contributed by atoms with Crippen LogP contribution in [0.5, 0.6) is 11.6 Å². The molecule has 1 aliphatic rings. The Morgan fingerprint density at radius 2 is 1.88 bits per heavy atom. The van der Waals surface area contributed by atoms with E-state index in [0.717, 1.165) is 5.56 Å². The number of nitrogens with one attached hydrogen (secondary N) is 1. The van der Waals surface area contributed by atoms with E-state index in [2.05, 4.69) is 9.71 Å². The lowest BCUT2D eigenvalue weighted by molar-refractivity contribution is 0.463. The van der Waals surface area contributed by atoms with E-state index < -0.39 is 10.0 Å². The van der Waals surface area contributed by atoms with Crippen molar-refractivity contribution in [2.75, 3.05) is 10.5 Å². The molecule has 0 fully saturated rings. The maximum Gasteiger partial charge on any atom is 0.235 e. The van der Waals surface area contributed by atoms with E-state index in [-0.39, 0.29) is 12.3 Å². The molecule has 1 N–H and O–H groups in total. The van der Waals surface area contributed by atoms with Crippen LogP contribution in [0.25, 0.3) is 11.1 Å². The van der Waals surface area contributed by atoms with Crippen molar-refractivity contribution in [3.8, 4) is 22.8 Å². The Kier molecular flexibility index (Phi) is 4.30. The molecule has 0 unspecified atom stereocenters. The SMILES string of the molecule is O=S1(=O)CCn2c(Cl)c(Cl)c(-c3ccc(Oc4ccccn4)cc3)c2N1. The molecule has 0 amide bonds. The lowest BCUT2D eigenvalue weighted by atomic mass is 10.1. The topological polar surface area (TPSA) is 73.2 Å². The second-order valence-corrected chi connectivity index (χ2v) is 8.27. The van der Waals surface area contributed by atoms with Gasteiger partial charge in [-0.05, 0) is 23.8 Å². The van der Waals surface area contributed by atoms with Crippen LogP contribution in [0, 0.1) is 0 Å². The summed E-state index contributed by atoms with van der Waals surface area (Å²) in [5.41, 5.74) is 1.27. The molecule has 0 spiro atoms. The highest BCUT2D eigenvalue weighted by molar-refractivity contribution is 7.92. The molecular formula is C17H13Cl2N3O3S. The fraction of sp³-hybridized carbons (Fsp3) is 0.118. The first-order chi connectivity index (χ1) is 12.4. The normalized spacial score (nSPS) is 15.2. The standard InChI is InChI=1S/C17H13Cl2N3O3S/c18-15-14(17-21-26(23,24)10-9-22(17)16(15)19)11-4-6-12(7-5-11)25-13-3-1-2-8-20-13/h1-8,21H,9-10H2. The predicted octanol–water partition coefficient (Wildman–Crippen LogP) is 4.40. The number of sulfonamides is 1. The first-order valence-electron chi connectivity index (χ1n) is 7.72. The highest BCUT2D eigenvalue weighted by Gasteiger charge is 2.29. The summed E-state index contributed by atoms with van der Waals surface area (Å²) in [6.45, 7) is 0.254. The number of hydrogen-bond donors (Lipinski definition) is 1. The number of anilines is 1. The van der Waals surface area contributed by atoms with Crippen molar-refractivity contribution in [3.05, 3.63) is 58.8 Å². The van der Waals surface area contributed by atoms with Gasteiger partial charge in [0.15, 0.2) is 0 Å². The minimum absolute atomic E-state index is 0.0407. The van der Waals surface area contributed by atoms with Gasteiger partial charge in [-0.3, -0.25) is 4.72 Å². The second kappa shape index (κ2) is 6.50. The maximum absolute atomic E-state index is 11.9. The molecule has 0 saturated heterocycles. The zero-order chi connectivity index (χ0) is 18.3. The molecule has 134 valence electrons. The Morgan fingerprint density at radius 1 is 1.12 bits per heavy atom. The third-order valence-corrected chi connectivity index (χ3v) is 6.07. The van der Waals surface area contributed by atoms with E-state index in [4.69, 9.17) is 27.9 Å². The van der Waals surface area contributed by atoms with Crippen LogP contribution in [0.4, 0.5) is 5.82 Å². The van der Waals surface area contributed by atoms with Crippen molar-refractivity contribution in [1.82, 2.24) is 9.55 Å². The van der Waals surface area contributed by atoms with Crippen LogP contribution in [-0.4, -0.2) is 23.7 Å². The van der Waals surface area contributed by atoms with Crippen molar-refractivity contribution < 1.29 is 13.2 Å². The highest BCUT2D eigenvalue weighted by atomic mass is 35.5. The Bertz CT molecular complexity index is 1060. The van der Waals surface area contributed by atoms with Gasteiger partial charge in [-0.2, -0.15) is 0 Å². The second-order valence-electron chi connectivity index (χ2n) is 5.70. The average molecular weight is 410 g/mol. The largest absolute Gasteiger partial charge is 0.439 e. The number of halogens is 2. The minimum Gasteiger partial charge on any atom is -0.439 e. The molecule has 3 aromatic rings. The van der Waals surface area contributed by atoms with Crippen LogP contribution in [0.15, 0.2) is 48.7 Å². The summed E-state index contributed by atoms with van der Waals surface area (Å²) in [4.78, 5) is 4.10. The number of aromatic nitrogens is 2. The van der Waals surface area contributed by atoms with Crippen molar-refractivity contribution >= 4 is 39.0 Å². The first kappa shape index (κ1) is 17.2. The fourth-order valence-electron chi connectivity index (χ4n) is 2.77. The van der Waals surface area contributed by atoms with Crippen LogP contribution >= 0.6 is 23.2 Å². The molecule has 3 heterocycles. The van der Waals surface area contributed by atoms with E-state index >= 15 is 0 Å². The zero-order valence-electron chi connectivity index (χ0n) is 13.3.